The van der Waals surface area contributed by atoms with Crippen molar-refractivity contribution in [2.75, 3.05) is 13.1 Å². The standard InChI is InChI=1S/C14H13F3N2O/c1-14(8-18)4-6-19(7-5-14)13(20)9-2-3-10(15)12(17)11(9)16/h2-3H,4-7H2,1H3. The molecule has 0 aliphatic carbocycles. The molecule has 1 aliphatic rings. The van der Waals surface area contributed by atoms with E-state index in [2.05, 4.69) is 6.07 Å². The topological polar surface area (TPSA) is 44.1 Å². The van der Waals surface area contributed by atoms with E-state index in [9.17, 15) is 18.0 Å². The molecule has 1 aromatic carbocycles. The monoisotopic (exact) mass is 282 g/mol. The largest absolute Gasteiger partial charge is 0.338 e. The summed E-state index contributed by atoms with van der Waals surface area (Å²) in [6.07, 6.45) is 0.946. The molecule has 1 heterocycles. The van der Waals surface area contributed by atoms with Crippen LogP contribution >= 0.6 is 0 Å². The van der Waals surface area contributed by atoms with Gasteiger partial charge in [-0.25, -0.2) is 13.2 Å². The van der Waals surface area contributed by atoms with Crippen molar-refractivity contribution in [1.82, 2.24) is 4.90 Å². The molecule has 2 rings (SSSR count). The van der Waals surface area contributed by atoms with Gasteiger partial charge in [0.1, 0.15) is 0 Å². The molecule has 0 bridgehead atoms. The summed E-state index contributed by atoms with van der Waals surface area (Å²) in [7, 11) is 0. The number of nitrogens with zero attached hydrogens (tertiary/aromatic N) is 2. The molecule has 0 saturated carbocycles. The van der Waals surface area contributed by atoms with Crippen molar-refractivity contribution in [3.63, 3.8) is 0 Å². The number of hydrogen-bond acceptors (Lipinski definition) is 2. The number of carbonyl (C=O) groups is 1. The van der Waals surface area contributed by atoms with Crippen LogP contribution in [0.4, 0.5) is 13.2 Å². The van der Waals surface area contributed by atoms with Crippen LogP contribution in [0.3, 0.4) is 0 Å². The van der Waals surface area contributed by atoms with E-state index in [4.69, 9.17) is 5.26 Å². The summed E-state index contributed by atoms with van der Waals surface area (Å²) in [5.74, 6) is -5.12. The minimum Gasteiger partial charge on any atom is -0.338 e. The third kappa shape index (κ3) is 2.48. The molecule has 0 N–H and O–H groups in total. The summed E-state index contributed by atoms with van der Waals surface area (Å²) in [5, 5.41) is 9.00. The molecule has 0 aromatic heterocycles. The second-order valence-corrected chi connectivity index (χ2v) is 5.19. The van der Waals surface area contributed by atoms with Gasteiger partial charge < -0.3 is 4.90 Å². The van der Waals surface area contributed by atoms with Gasteiger partial charge in [0.2, 0.25) is 0 Å². The zero-order valence-electron chi connectivity index (χ0n) is 10.9. The number of halogens is 3. The number of amides is 1. The van der Waals surface area contributed by atoms with Crippen molar-refractivity contribution in [3.8, 4) is 6.07 Å². The zero-order chi connectivity index (χ0) is 14.9. The maximum absolute atomic E-state index is 13.6. The Bertz CT molecular complexity index is 587. The molecule has 1 saturated heterocycles. The molecular formula is C14H13F3N2O. The first-order valence-corrected chi connectivity index (χ1v) is 6.22. The number of benzene rings is 1. The average Bonchev–Trinajstić information content (AvgIpc) is 2.45. The van der Waals surface area contributed by atoms with Crippen LogP contribution in [0.5, 0.6) is 0 Å². The van der Waals surface area contributed by atoms with Crippen molar-refractivity contribution in [2.24, 2.45) is 5.41 Å². The van der Waals surface area contributed by atoms with E-state index in [-0.39, 0.29) is 0 Å². The first kappa shape index (κ1) is 14.4. The first-order chi connectivity index (χ1) is 9.38. The molecule has 1 aromatic rings. The maximum atomic E-state index is 13.6. The molecule has 0 atom stereocenters. The molecule has 0 unspecified atom stereocenters. The van der Waals surface area contributed by atoms with E-state index in [1.807, 2.05) is 0 Å². The van der Waals surface area contributed by atoms with E-state index < -0.39 is 34.3 Å². The normalized spacial score (nSPS) is 17.6. The van der Waals surface area contributed by atoms with Gasteiger partial charge in [-0.2, -0.15) is 5.26 Å². The lowest BCUT2D eigenvalue weighted by Crippen LogP contribution is -2.42. The van der Waals surface area contributed by atoms with Crippen LogP contribution in [0.1, 0.15) is 30.1 Å². The molecule has 1 fully saturated rings. The van der Waals surface area contributed by atoms with Gasteiger partial charge in [0.25, 0.3) is 5.91 Å². The highest BCUT2D eigenvalue weighted by atomic mass is 19.2. The van der Waals surface area contributed by atoms with Crippen LogP contribution in [0.2, 0.25) is 0 Å². The van der Waals surface area contributed by atoms with Crippen molar-refractivity contribution >= 4 is 5.91 Å². The fourth-order valence-corrected chi connectivity index (χ4v) is 2.18. The number of carbonyl (C=O) groups excluding carboxylic acids is 1. The van der Waals surface area contributed by atoms with Crippen molar-refractivity contribution in [2.45, 2.75) is 19.8 Å². The Morgan fingerprint density at radius 3 is 2.40 bits per heavy atom. The molecule has 6 heteroatoms. The number of nitriles is 1. The summed E-state index contributed by atoms with van der Waals surface area (Å²) in [4.78, 5) is 13.5. The molecular weight excluding hydrogens is 269 g/mol. The van der Waals surface area contributed by atoms with Gasteiger partial charge in [0.05, 0.1) is 17.0 Å². The fraction of sp³-hybridized carbons (Fsp3) is 0.429. The van der Waals surface area contributed by atoms with Crippen LogP contribution < -0.4 is 0 Å². The number of hydrogen-bond donors (Lipinski definition) is 0. The fourth-order valence-electron chi connectivity index (χ4n) is 2.18. The molecule has 0 radical (unpaired) electrons. The third-order valence-electron chi connectivity index (χ3n) is 3.69. The lowest BCUT2D eigenvalue weighted by Gasteiger charge is -2.35. The van der Waals surface area contributed by atoms with E-state index in [1.54, 1.807) is 6.92 Å². The molecule has 1 amide bonds. The van der Waals surface area contributed by atoms with Crippen LogP contribution in [-0.2, 0) is 0 Å². The Kier molecular flexibility index (Phi) is 3.71. The minimum atomic E-state index is -1.64. The molecule has 0 spiro atoms. The van der Waals surface area contributed by atoms with Crippen LogP contribution in [0, 0.1) is 34.2 Å². The van der Waals surface area contributed by atoms with Crippen molar-refractivity contribution in [3.05, 3.63) is 35.1 Å². The lowest BCUT2D eigenvalue weighted by molar-refractivity contribution is 0.0655. The Morgan fingerprint density at radius 1 is 1.25 bits per heavy atom. The molecule has 20 heavy (non-hydrogen) atoms. The van der Waals surface area contributed by atoms with E-state index in [1.165, 1.54) is 4.90 Å². The first-order valence-electron chi connectivity index (χ1n) is 6.22. The predicted octanol–water partition coefficient (Wildman–Crippen LogP) is 2.87. The summed E-state index contributed by atoms with van der Waals surface area (Å²) < 4.78 is 39.5. The van der Waals surface area contributed by atoms with E-state index in [0.717, 1.165) is 12.1 Å². The van der Waals surface area contributed by atoms with Gasteiger partial charge in [-0.3, -0.25) is 4.79 Å². The SMILES string of the molecule is CC1(C#N)CCN(C(=O)c2ccc(F)c(F)c2F)CC1. The minimum absolute atomic E-state index is 0.293. The maximum Gasteiger partial charge on any atom is 0.256 e. The Morgan fingerprint density at radius 2 is 1.85 bits per heavy atom. The lowest BCUT2D eigenvalue weighted by atomic mass is 9.82. The quantitative estimate of drug-likeness (QED) is 0.743. The van der Waals surface area contributed by atoms with Crippen LogP contribution in [-0.4, -0.2) is 23.9 Å². The van der Waals surface area contributed by atoms with Gasteiger partial charge >= 0.3 is 0 Å². The molecule has 1 aliphatic heterocycles. The van der Waals surface area contributed by atoms with Gasteiger partial charge in [0.15, 0.2) is 17.5 Å². The van der Waals surface area contributed by atoms with E-state index in [0.29, 0.717) is 25.9 Å². The smallest absolute Gasteiger partial charge is 0.256 e. The molecule has 106 valence electrons. The zero-order valence-corrected chi connectivity index (χ0v) is 10.9. The average molecular weight is 282 g/mol. The summed E-state index contributed by atoms with van der Waals surface area (Å²) in [6.45, 7) is 2.38. The van der Waals surface area contributed by atoms with Crippen LogP contribution in [0.25, 0.3) is 0 Å². The van der Waals surface area contributed by atoms with Gasteiger partial charge in [-0.05, 0) is 31.9 Å². The second-order valence-electron chi connectivity index (χ2n) is 5.19. The number of likely N-dealkylation sites (tertiary alicyclic amines) is 1. The Hall–Kier alpha value is -2.03. The van der Waals surface area contributed by atoms with Crippen molar-refractivity contribution in [1.29, 1.82) is 5.26 Å². The number of rotatable bonds is 1. The highest BCUT2D eigenvalue weighted by Gasteiger charge is 2.33. The summed E-state index contributed by atoms with van der Waals surface area (Å²) >= 11 is 0. The highest BCUT2D eigenvalue weighted by Crippen LogP contribution is 2.30. The van der Waals surface area contributed by atoms with Gasteiger partial charge in [-0.15, -0.1) is 0 Å². The van der Waals surface area contributed by atoms with Crippen molar-refractivity contribution < 1.29 is 18.0 Å². The summed E-state index contributed by atoms with van der Waals surface area (Å²) in [5.41, 5.74) is -0.979. The Balaban J connectivity index is 2.18. The summed E-state index contributed by atoms with van der Waals surface area (Å²) in [6, 6.07) is 3.86. The number of piperidine rings is 1. The van der Waals surface area contributed by atoms with Crippen LogP contribution in [0.15, 0.2) is 12.1 Å². The highest BCUT2D eigenvalue weighted by molar-refractivity contribution is 5.94. The second kappa shape index (κ2) is 5.16. The molecule has 3 nitrogen and oxygen atoms in total. The Labute approximate surface area is 114 Å². The van der Waals surface area contributed by atoms with Gasteiger partial charge in [-0.1, -0.05) is 0 Å². The van der Waals surface area contributed by atoms with E-state index >= 15 is 0 Å². The van der Waals surface area contributed by atoms with Gasteiger partial charge in [0, 0.05) is 13.1 Å². The third-order valence-corrected chi connectivity index (χ3v) is 3.69. The predicted molar refractivity (Wildman–Crippen MR) is 65.2 cm³/mol.